The largest absolute Gasteiger partial charge is 0.338 e. The molecule has 0 aliphatic carbocycles. The summed E-state index contributed by atoms with van der Waals surface area (Å²) in [7, 11) is 0. The summed E-state index contributed by atoms with van der Waals surface area (Å²) >= 11 is 0. The van der Waals surface area contributed by atoms with Crippen molar-refractivity contribution in [2.45, 2.75) is 20.8 Å². The summed E-state index contributed by atoms with van der Waals surface area (Å²) in [6.07, 6.45) is 6.62. The second kappa shape index (κ2) is 14.7. The molecule has 270 valence electrons. The standard InChI is InChI=1S/C54H44N2/c1-5-46-38(4)48-22-10-11-23-49(48)50(47(46)6-2)32-33-55(44-20-14-16-37(3)34-44)43-29-26-40(27-30-43)42-28-31-54-52(36-42)51-24-12-13-25-53(51)56(54)45-21-15-19-41(35-45)39-17-8-7-9-18-39/h5-32,34-36H,1,33H2,2-4H3/b47-6-,50-32+. The molecule has 9 aromatic rings. The van der Waals surface area contributed by atoms with Gasteiger partial charge in [0.05, 0.1) is 11.0 Å². The maximum atomic E-state index is 4.20. The van der Waals surface area contributed by atoms with E-state index in [0.29, 0.717) is 6.54 Å². The summed E-state index contributed by atoms with van der Waals surface area (Å²) in [5.41, 5.74) is 14.4. The Balaban J connectivity index is 1.12. The second-order valence-electron chi connectivity index (χ2n) is 14.6. The van der Waals surface area contributed by atoms with E-state index in [2.05, 4.69) is 219 Å². The molecule has 1 heterocycles. The van der Waals surface area contributed by atoms with Crippen LogP contribution in [0.4, 0.5) is 11.4 Å². The number of fused-ring (bicyclic) bond motifs is 4. The molecule has 0 bridgehead atoms. The molecule has 9 rings (SSSR count). The van der Waals surface area contributed by atoms with Crippen LogP contribution in [-0.2, 0) is 0 Å². The van der Waals surface area contributed by atoms with Crippen molar-refractivity contribution in [1.82, 2.24) is 4.57 Å². The predicted octanol–water partition coefficient (Wildman–Crippen LogP) is 12.9. The van der Waals surface area contributed by atoms with E-state index in [0.717, 1.165) is 11.4 Å². The predicted molar refractivity (Wildman–Crippen MR) is 242 cm³/mol. The van der Waals surface area contributed by atoms with E-state index < -0.39 is 0 Å². The van der Waals surface area contributed by atoms with E-state index in [1.807, 2.05) is 6.08 Å². The van der Waals surface area contributed by atoms with Gasteiger partial charge in [-0.2, -0.15) is 0 Å². The number of para-hydroxylation sites is 1. The number of rotatable bonds is 8. The van der Waals surface area contributed by atoms with Crippen LogP contribution in [0.15, 0.2) is 176 Å². The van der Waals surface area contributed by atoms with Crippen LogP contribution in [0.1, 0.15) is 23.6 Å². The van der Waals surface area contributed by atoms with Crippen molar-refractivity contribution >= 4 is 62.2 Å². The van der Waals surface area contributed by atoms with Crippen molar-refractivity contribution in [2.24, 2.45) is 0 Å². The number of hydrogen-bond acceptors (Lipinski definition) is 1. The molecule has 0 atom stereocenters. The van der Waals surface area contributed by atoms with Crippen molar-refractivity contribution in [3.8, 4) is 27.9 Å². The molecule has 0 saturated heterocycles. The maximum Gasteiger partial charge on any atom is 0.0541 e. The van der Waals surface area contributed by atoms with E-state index in [9.17, 15) is 0 Å². The van der Waals surface area contributed by atoms with Gasteiger partial charge in [-0.25, -0.2) is 0 Å². The maximum absolute atomic E-state index is 4.20. The van der Waals surface area contributed by atoms with E-state index in [-0.39, 0.29) is 0 Å². The van der Waals surface area contributed by atoms with Gasteiger partial charge < -0.3 is 9.47 Å². The van der Waals surface area contributed by atoms with Gasteiger partial charge in [-0.3, -0.25) is 0 Å². The molecule has 2 heteroatoms. The smallest absolute Gasteiger partial charge is 0.0541 e. The third-order valence-electron chi connectivity index (χ3n) is 11.3. The molecular weight excluding hydrogens is 677 g/mol. The minimum absolute atomic E-state index is 0.713. The Morgan fingerprint density at radius 2 is 1.16 bits per heavy atom. The van der Waals surface area contributed by atoms with E-state index in [4.69, 9.17) is 0 Å². The molecule has 0 radical (unpaired) electrons. The first-order valence-electron chi connectivity index (χ1n) is 19.5. The fourth-order valence-electron chi connectivity index (χ4n) is 8.53. The number of aromatic nitrogens is 1. The average Bonchev–Trinajstić information content (AvgIpc) is 3.58. The molecule has 0 unspecified atom stereocenters. The molecule has 0 N–H and O–H groups in total. The summed E-state index contributed by atoms with van der Waals surface area (Å²) in [5.74, 6) is 0. The highest BCUT2D eigenvalue weighted by molar-refractivity contribution is 6.10. The molecule has 0 saturated carbocycles. The van der Waals surface area contributed by atoms with Crippen molar-refractivity contribution in [2.75, 3.05) is 11.4 Å². The fourth-order valence-corrected chi connectivity index (χ4v) is 8.53. The van der Waals surface area contributed by atoms with Gasteiger partial charge in [-0.1, -0.05) is 140 Å². The van der Waals surface area contributed by atoms with Gasteiger partial charge in [0, 0.05) is 34.4 Å². The Morgan fingerprint density at radius 3 is 1.93 bits per heavy atom. The molecular formula is C54H44N2. The van der Waals surface area contributed by atoms with Crippen LogP contribution in [0.25, 0.3) is 78.7 Å². The van der Waals surface area contributed by atoms with Crippen molar-refractivity contribution in [1.29, 1.82) is 0 Å². The molecule has 0 spiro atoms. The zero-order valence-corrected chi connectivity index (χ0v) is 32.2. The zero-order chi connectivity index (χ0) is 38.2. The number of hydrogen-bond donors (Lipinski definition) is 0. The third kappa shape index (κ3) is 6.20. The van der Waals surface area contributed by atoms with E-state index in [1.165, 1.54) is 87.6 Å². The topological polar surface area (TPSA) is 8.17 Å². The SMILES string of the molecule is C=Cc1c(C)c2ccccc2c(=C/CN(c2ccc(-c3ccc4c(c3)c3ccccc3n4-c3cccc(-c4ccccc4)c3)cc2)c2cccc(C)c2)/c1=C\C. The van der Waals surface area contributed by atoms with Gasteiger partial charge in [-0.15, -0.1) is 0 Å². The van der Waals surface area contributed by atoms with E-state index >= 15 is 0 Å². The van der Waals surface area contributed by atoms with E-state index in [1.54, 1.807) is 0 Å². The molecule has 8 aromatic carbocycles. The second-order valence-corrected chi connectivity index (χ2v) is 14.6. The van der Waals surface area contributed by atoms with Crippen LogP contribution in [-0.4, -0.2) is 11.1 Å². The van der Waals surface area contributed by atoms with Crippen molar-refractivity contribution in [3.05, 3.63) is 204 Å². The number of nitrogens with zero attached hydrogens (tertiary/aromatic N) is 2. The average molecular weight is 721 g/mol. The van der Waals surface area contributed by atoms with Gasteiger partial charge in [0.15, 0.2) is 0 Å². The Labute approximate surface area is 329 Å². The molecule has 0 aliphatic heterocycles. The van der Waals surface area contributed by atoms with Gasteiger partial charge in [-0.05, 0) is 136 Å². The van der Waals surface area contributed by atoms with Crippen LogP contribution in [0.2, 0.25) is 0 Å². The van der Waals surface area contributed by atoms with Crippen LogP contribution in [0.5, 0.6) is 0 Å². The molecule has 0 aliphatic rings. The van der Waals surface area contributed by atoms with Gasteiger partial charge in [0.2, 0.25) is 0 Å². The minimum atomic E-state index is 0.713. The zero-order valence-electron chi connectivity index (χ0n) is 32.2. The first-order chi connectivity index (χ1) is 27.5. The van der Waals surface area contributed by atoms with Gasteiger partial charge in [0.25, 0.3) is 0 Å². The monoisotopic (exact) mass is 720 g/mol. The lowest BCUT2D eigenvalue weighted by molar-refractivity contribution is 1.12. The highest BCUT2D eigenvalue weighted by Crippen LogP contribution is 2.37. The number of aryl methyl sites for hydroxylation is 2. The summed E-state index contributed by atoms with van der Waals surface area (Å²) in [6.45, 7) is 11.4. The highest BCUT2D eigenvalue weighted by Gasteiger charge is 2.15. The summed E-state index contributed by atoms with van der Waals surface area (Å²) in [6, 6.07) is 61.7. The van der Waals surface area contributed by atoms with Gasteiger partial charge >= 0.3 is 0 Å². The van der Waals surface area contributed by atoms with Crippen LogP contribution in [0, 0.1) is 13.8 Å². The quantitative estimate of drug-likeness (QED) is 0.152. The summed E-state index contributed by atoms with van der Waals surface area (Å²) < 4.78 is 2.40. The molecule has 56 heavy (non-hydrogen) atoms. The first-order valence-corrected chi connectivity index (χ1v) is 19.5. The number of benzene rings is 8. The van der Waals surface area contributed by atoms with Gasteiger partial charge in [0.1, 0.15) is 0 Å². The summed E-state index contributed by atoms with van der Waals surface area (Å²) in [4.78, 5) is 2.42. The normalized spacial score (nSPS) is 12.2. The molecule has 2 nitrogen and oxygen atoms in total. The Morgan fingerprint density at radius 1 is 0.518 bits per heavy atom. The Kier molecular flexibility index (Phi) is 9.17. The van der Waals surface area contributed by atoms with Crippen molar-refractivity contribution < 1.29 is 0 Å². The minimum Gasteiger partial charge on any atom is -0.338 e. The van der Waals surface area contributed by atoms with Crippen molar-refractivity contribution in [3.63, 3.8) is 0 Å². The first kappa shape index (κ1) is 34.8. The lowest BCUT2D eigenvalue weighted by Crippen LogP contribution is -2.31. The lowest BCUT2D eigenvalue weighted by Gasteiger charge is -2.25. The Hall–Kier alpha value is -6.90. The Bertz CT molecular complexity index is 3040. The highest BCUT2D eigenvalue weighted by atomic mass is 15.1. The summed E-state index contributed by atoms with van der Waals surface area (Å²) in [5, 5.41) is 7.51. The number of anilines is 2. The molecule has 1 aromatic heterocycles. The van der Waals surface area contributed by atoms with Crippen LogP contribution < -0.4 is 15.3 Å². The van der Waals surface area contributed by atoms with Crippen LogP contribution in [0.3, 0.4) is 0 Å². The molecule has 0 amide bonds. The fraction of sp³-hybridized carbons (Fsp3) is 0.0741. The third-order valence-corrected chi connectivity index (χ3v) is 11.3. The van der Waals surface area contributed by atoms with Crippen LogP contribution >= 0.6 is 0 Å². The molecule has 0 fully saturated rings. The lowest BCUT2D eigenvalue weighted by atomic mass is 9.95.